The van der Waals surface area contributed by atoms with Crippen LogP contribution >= 0.6 is 15.9 Å². The van der Waals surface area contributed by atoms with E-state index in [1.165, 1.54) is 7.11 Å². The molecule has 0 atom stereocenters. The maximum absolute atomic E-state index is 12.5. The Bertz CT molecular complexity index is 1310. The van der Waals surface area contributed by atoms with Gasteiger partial charge in [0.2, 0.25) is 0 Å². The third kappa shape index (κ3) is 3.84. The maximum Gasteiger partial charge on any atom is 0.343 e. The molecule has 0 saturated carbocycles. The second kappa shape index (κ2) is 8.12. The zero-order chi connectivity index (χ0) is 21.3. The summed E-state index contributed by atoms with van der Waals surface area (Å²) >= 11 is 3.44. The zero-order valence-electron chi connectivity index (χ0n) is 16.2. The molecule has 30 heavy (non-hydrogen) atoms. The SMILES string of the molecule is COc1cc(-c2nc3ccccc3c(=O)[nH]2)cc(Br)c1OC(=O)c1ccc(C)cc1. The molecule has 7 heteroatoms. The number of aryl methyl sites for hydroxylation is 1. The van der Waals surface area contributed by atoms with E-state index in [9.17, 15) is 9.59 Å². The summed E-state index contributed by atoms with van der Waals surface area (Å²) in [4.78, 5) is 32.2. The van der Waals surface area contributed by atoms with Crippen LogP contribution in [0, 0.1) is 6.92 Å². The van der Waals surface area contributed by atoms with Crippen LogP contribution in [0.1, 0.15) is 15.9 Å². The Kier molecular flexibility index (Phi) is 5.37. The van der Waals surface area contributed by atoms with E-state index in [0.29, 0.717) is 38.1 Å². The van der Waals surface area contributed by atoms with E-state index in [-0.39, 0.29) is 11.3 Å². The number of rotatable bonds is 4. The van der Waals surface area contributed by atoms with Crippen molar-refractivity contribution in [2.45, 2.75) is 6.92 Å². The van der Waals surface area contributed by atoms with Crippen LogP contribution in [0.2, 0.25) is 0 Å². The van der Waals surface area contributed by atoms with Crippen molar-refractivity contribution in [1.29, 1.82) is 0 Å². The molecule has 150 valence electrons. The number of hydrogen-bond donors (Lipinski definition) is 1. The van der Waals surface area contributed by atoms with Crippen molar-refractivity contribution < 1.29 is 14.3 Å². The normalized spacial score (nSPS) is 10.8. The van der Waals surface area contributed by atoms with Gasteiger partial charge in [0.15, 0.2) is 11.5 Å². The number of ether oxygens (including phenoxy) is 2. The lowest BCUT2D eigenvalue weighted by Crippen LogP contribution is -2.11. The second-order valence-corrected chi connectivity index (χ2v) is 7.53. The van der Waals surface area contributed by atoms with Gasteiger partial charge in [-0.3, -0.25) is 4.79 Å². The highest BCUT2D eigenvalue weighted by Gasteiger charge is 2.18. The van der Waals surface area contributed by atoms with Crippen LogP contribution in [0.3, 0.4) is 0 Å². The molecule has 0 spiro atoms. The summed E-state index contributed by atoms with van der Waals surface area (Å²) in [5, 5.41) is 0.510. The Labute approximate surface area is 180 Å². The number of halogens is 1. The minimum absolute atomic E-state index is 0.236. The van der Waals surface area contributed by atoms with Crippen molar-refractivity contribution in [1.82, 2.24) is 9.97 Å². The van der Waals surface area contributed by atoms with Crippen molar-refractivity contribution in [3.05, 3.63) is 86.6 Å². The minimum Gasteiger partial charge on any atom is -0.493 e. The number of aromatic amines is 1. The van der Waals surface area contributed by atoms with Crippen LogP contribution in [0.15, 0.2) is 69.9 Å². The number of hydrogen-bond acceptors (Lipinski definition) is 5. The van der Waals surface area contributed by atoms with Gasteiger partial charge in [-0.1, -0.05) is 29.8 Å². The standard InChI is InChI=1S/C23H17BrN2O4/c1-13-7-9-14(10-8-13)23(28)30-20-17(24)11-15(12-19(20)29-2)21-25-18-6-4-3-5-16(18)22(27)26-21/h3-12H,1-2H3,(H,25,26,27). The predicted octanol–water partition coefficient (Wildman–Crippen LogP) is 4.89. The fraction of sp³-hybridized carbons (Fsp3) is 0.0870. The Morgan fingerprint density at radius 3 is 2.53 bits per heavy atom. The summed E-state index contributed by atoms with van der Waals surface area (Å²) in [5.41, 5.74) is 2.43. The molecular weight excluding hydrogens is 448 g/mol. The number of nitrogens with zero attached hydrogens (tertiary/aromatic N) is 1. The molecule has 6 nitrogen and oxygen atoms in total. The summed E-state index contributed by atoms with van der Waals surface area (Å²) in [7, 11) is 1.48. The average Bonchev–Trinajstić information content (AvgIpc) is 2.75. The Morgan fingerprint density at radius 1 is 1.07 bits per heavy atom. The number of para-hydroxylation sites is 1. The molecule has 0 bridgehead atoms. The van der Waals surface area contributed by atoms with Gasteiger partial charge in [-0.15, -0.1) is 0 Å². The molecule has 4 aromatic rings. The molecule has 0 unspecified atom stereocenters. The summed E-state index contributed by atoms with van der Waals surface area (Å²) < 4.78 is 11.5. The zero-order valence-corrected chi connectivity index (χ0v) is 17.8. The number of nitrogens with one attached hydrogen (secondary N) is 1. The van der Waals surface area contributed by atoms with E-state index in [2.05, 4.69) is 25.9 Å². The maximum atomic E-state index is 12.5. The number of carbonyl (C=O) groups is 1. The van der Waals surface area contributed by atoms with Crippen LogP contribution in [0.4, 0.5) is 0 Å². The van der Waals surface area contributed by atoms with E-state index < -0.39 is 5.97 Å². The molecule has 1 N–H and O–H groups in total. The first-order valence-electron chi connectivity index (χ1n) is 9.12. The highest BCUT2D eigenvalue weighted by Crippen LogP contribution is 2.39. The summed E-state index contributed by atoms with van der Waals surface area (Å²) in [6.07, 6.45) is 0. The van der Waals surface area contributed by atoms with Gasteiger partial charge in [-0.2, -0.15) is 0 Å². The second-order valence-electron chi connectivity index (χ2n) is 6.68. The molecule has 0 radical (unpaired) electrons. The van der Waals surface area contributed by atoms with E-state index >= 15 is 0 Å². The van der Waals surface area contributed by atoms with Gasteiger partial charge in [0.25, 0.3) is 5.56 Å². The van der Waals surface area contributed by atoms with Crippen LogP contribution in [-0.2, 0) is 0 Å². The van der Waals surface area contributed by atoms with Crippen LogP contribution in [0.5, 0.6) is 11.5 Å². The lowest BCUT2D eigenvalue weighted by atomic mass is 10.1. The molecule has 0 saturated heterocycles. The highest BCUT2D eigenvalue weighted by molar-refractivity contribution is 9.10. The first-order chi connectivity index (χ1) is 14.5. The number of H-pyrrole nitrogens is 1. The van der Waals surface area contributed by atoms with E-state index in [0.717, 1.165) is 5.56 Å². The molecule has 1 heterocycles. The smallest absolute Gasteiger partial charge is 0.343 e. The number of aromatic nitrogens is 2. The van der Waals surface area contributed by atoms with Gasteiger partial charge in [-0.05, 0) is 59.3 Å². The van der Waals surface area contributed by atoms with Crippen LogP contribution < -0.4 is 15.0 Å². The fourth-order valence-corrected chi connectivity index (χ4v) is 3.54. The number of esters is 1. The van der Waals surface area contributed by atoms with Crippen LogP contribution in [0.25, 0.3) is 22.3 Å². The molecule has 1 aromatic heterocycles. The van der Waals surface area contributed by atoms with Gasteiger partial charge >= 0.3 is 5.97 Å². The van der Waals surface area contributed by atoms with Gasteiger partial charge in [0.1, 0.15) is 5.82 Å². The van der Waals surface area contributed by atoms with Gasteiger partial charge in [0.05, 0.1) is 28.0 Å². The molecule has 0 fully saturated rings. The van der Waals surface area contributed by atoms with Gasteiger partial charge < -0.3 is 14.5 Å². The number of fused-ring (bicyclic) bond motifs is 1. The average molecular weight is 465 g/mol. The monoisotopic (exact) mass is 464 g/mol. The molecule has 4 rings (SSSR count). The van der Waals surface area contributed by atoms with E-state index in [1.54, 1.807) is 42.5 Å². The van der Waals surface area contributed by atoms with Gasteiger partial charge in [0, 0.05) is 5.56 Å². The molecular formula is C23H17BrN2O4. The molecule has 0 aliphatic heterocycles. The van der Waals surface area contributed by atoms with E-state index in [1.807, 2.05) is 25.1 Å². The van der Waals surface area contributed by atoms with Crippen molar-refractivity contribution in [2.75, 3.05) is 7.11 Å². The van der Waals surface area contributed by atoms with Crippen molar-refractivity contribution in [2.24, 2.45) is 0 Å². The number of methoxy groups -OCH3 is 1. The number of carbonyl (C=O) groups excluding carboxylic acids is 1. The molecule has 0 aliphatic rings. The van der Waals surface area contributed by atoms with Crippen molar-refractivity contribution in [3.8, 4) is 22.9 Å². The lowest BCUT2D eigenvalue weighted by molar-refractivity contribution is 0.0728. The summed E-state index contributed by atoms with van der Waals surface area (Å²) in [6, 6.07) is 17.6. The molecule has 3 aromatic carbocycles. The van der Waals surface area contributed by atoms with Gasteiger partial charge in [-0.25, -0.2) is 9.78 Å². The molecule has 0 aliphatic carbocycles. The Balaban J connectivity index is 1.73. The quantitative estimate of drug-likeness (QED) is 0.343. The first-order valence-corrected chi connectivity index (χ1v) is 9.91. The third-order valence-electron chi connectivity index (χ3n) is 4.60. The number of benzene rings is 3. The van der Waals surface area contributed by atoms with Crippen molar-refractivity contribution >= 4 is 32.8 Å². The first kappa shape index (κ1) is 19.8. The van der Waals surface area contributed by atoms with Crippen molar-refractivity contribution in [3.63, 3.8) is 0 Å². The van der Waals surface area contributed by atoms with E-state index in [4.69, 9.17) is 9.47 Å². The highest BCUT2D eigenvalue weighted by atomic mass is 79.9. The summed E-state index contributed by atoms with van der Waals surface area (Å²) in [5.74, 6) is 0.457. The topological polar surface area (TPSA) is 81.3 Å². The fourth-order valence-electron chi connectivity index (χ4n) is 3.02. The largest absolute Gasteiger partial charge is 0.493 e. The van der Waals surface area contributed by atoms with Crippen LogP contribution in [-0.4, -0.2) is 23.0 Å². The predicted molar refractivity (Wildman–Crippen MR) is 118 cm³/mol. The summed E-state index contributed by atoms with van der Waals surface area (Å²) in [6.45, 7) is 1.94. The lowest BCUT2D eigenvalue weighted by Gasteiger charge is -2.13. The third-order valence-corrected chi connectivity index (χ3v) is 5.19. The Hall–Kier alpha value is -3.45. The minimum atomic E-state index is -0.501. The molecule has 0 amide bonds. The Morgan fingerprint density at radius 2 is 1.80 bits per heavy atom.